The van der Waals surface area contributed by atoms with Crippen LogP contribution in [0.15, 0.2) is 48.5 Å². The second-order valence-corrected chi connectivity index (χ2v) is 5.34. The molecular formula is C18H19NO3. The molecule has 1 amide bonds. The lowest BCUT2D eigenvalue weighted by molar-refractivity contribution is -0.121. The molecule has 2 aromatic rings. The Labute approximate surface area is 130 Å². The molecule has 1 atom stereocenters. The number of carbonyl (C=O) groups excluding carboxylic acids is 1. The second kappa shape index (κ2) is 6.52. The minimum Gasteiger partial charge on any atom is -0.496 e. The van der Waals surface area contributed by atoms with Gasteiger partial charge in [-0.25, -0.2) is 0 Å². The number of methoxy groups -OCH3 is 1. The normalized spacial score (nSPS) is 15.8. The number of fused-ring (bicyclic) bond motifs is 1. The quantitative estimate of drug-likeness (QED) is 0.923. The Bertz CT molecular complexity index is 669. The third kappa shape index (κ3) is 3.06. The number of benzene rings is 2. The zero-order valence-corrected chi connectivity index (χ0v) is 12.5. The summed E-state index contributed by atoms with van der Waals surface area (Å²) in [7, 11) is 1.63. The van der Waals surface area contributed by atoms with E-state index in [1.54, 1.807) is 7.11 Å². The van der Waals surface area contributed by atoms with Gasteiger partial charge in [0.2, 0.25) is 5.91 Å². The molecule has 0 bridgehead atoms. The average Bonchev–Trinajstić information content (AvgIpc) is 2.96. The highest BCUT2D eigenvalue weighted by molar-refractivity contribution is 5.77. The van der Waals surface area contributed by atoms with Crippen molar-refractivity contribution in [3.8, 4) is 11.5 Å². The summed E-state index contributed by atoms with van der Waals surface area (Å²) in [6, 6.07) is 15.6. The van der Waals surface area contributed by atoms with Crippen molar-refractivity contribution < 1.29 is 14.3 Å². The van der Waals surface area contributed by atoms with Crippen LogP contribution in [-0.4, -0.2) is 19.6 Å². The van der Waals surface area contributed by atoms with Gasteiger partial charge in [0.25, 0.3) is 0 Å². The van der Waals surface area contributed by atoms with Gasteiger partial charge < -0.3 is 14.8 Å². The number of carbonyl (C=O) groups is 1. The van der Waals surface area contributed by atoms with Gasteiger partial charge in [-0.05, 0) is 12.1 Å². The van der Waals surface area contributed by atoms with Crippen LogP contribution in [0.5, 0.6) is 11.5 Å². The molecule has 1 aliphatic heterocycles. The summed E-state index contributed by atoms with van der Waals surface area (Å²) in [5, 5.41) is 2.96. The highest BCUT2D eigenvalue weighted by atomic mass is 16.5. The van der Waals surface area contributed by atoms with Gasteiger partial charge in [0, 0.05) is 30.0 Å². The number of amides is 1. The maximum atomic E-state index is 12.2. The Morgan fingerprint density at radius 3 is 2.86 bits per heavy atom. The van der Waals surface area contributed by atoms with E-state index in [0.717, 1.165) is 22.6 Å². The SMILES string of the molecule is COc1ccccc1CNC(=O)CC1COc2ccccc21. The Morgan fingerprint density at radius 2 is 2.00 bits per heavy atom. The fourth-order valence-corrected chi connectivity index (χ4v) is 2.74. The number of rotatable bonds is 5. The molecule has 0 spiro atoms. The van der Waals surface area contributed by atoms with E-state index in [4.69, 9.17) is 9.47 Å². The first kappa shape index (κ1) is 14.4. The van der Waals surface area contributed by atoms with Crippen molar-refractivity contribution >= 4 is 5.91 Å². The van der Waals surface area contributed by atoms with Crippen LogP contribution in [0.1, 0.15) is 23.5 Å². The molecule has 22 heavy (non-hydrogen) atoms. The van der Waals surface area contributed by atoms with Crippen LogP contribution in [0.2, 0.25) is 0 Å². The van der Waals surface area contributed by atoms with Crippen molar-refractivity contribution in [1.82, 2.24) is 5.32 Å². The highest BCUT2D eigenvalue weighted by Gasteiger charge is 2.25. The molecule has 0 fully saturated rings. The van der Waals surface area contributed by atoms with E-state index in [1.807, 2.05) is 48.5 Å². The van der Waals surface area contributed by atoms with Crippen LogP contribution in [0, 0.1) is 0 Å². The minimum atomic E-state index is 0.0243. The largest absolute Gasteiger partial charge is 0.496 e. The monoisotopic (exact) mass is 297 g/mol. The van der Waals surface area contributed by atoms with E-state index in [2.05, 4.69) is 5.32 Å². The predicted octanol–water partition coefficient (Wildman–Crippen LogP) is 2.88. The average molecular weight is 297 g/mol. The Balaban J connectivity index is 1.58. The first-order valence-corrected chi connectivity index (χ1v) is 7.38. The van der Waals surface area contributed by atoms with Crippen LogP contribution in [0.3, 0.4) is 0 Å². The summed E-state index contributed by atoms with van der Waals surface area (Å²) in [4.78, 5) is 12.2. The van der Waals surface area contributed by atoms with Crippen LogP contribution in [0.4, 0.5) is 0 Å². The van der Waals surface area contributed by atoms with E-state index in [-0.39, 0.29) is 11.8 Å². The van der Waals surface area contributed by atoms with Gasteiger partial charge in [0.1, 0.15) is 11.5 Å². The Morgan fingerprint density at radius 1 is 1.23 bits per heavy atom. The summed E-state index contributed by atoms with van der Waals surface area (Å²) in [5.41, 5.74) is 2.09. The molecule has 2 aromatic carbocycles. The van der Waals surface area contributed by atoms with Crippen molar-refractivity contribution in [2.24, 2.45) is 0 Å². The van der Waals surface area contributed by atoms with Gasteiger partial charge in [-0.3, -0.25) is 4.79 Å². The van der Waals surface area contributed by atoms with Gasteiger partial charge >= 0.3 is 0 Å². The molecule has 1 aliphatic rings. The number of para-hydroxylation sites is 2. The van der Waals surface area contributed by atoms with Crippen LogP contribution >= 0.6 is 0 Å². The lowest BCUT2D eigenvalue weighted by Gasteiger charge is -2.11. The van der Waals surface area contributed by atoms with Crippen LogP contribution in [0.25, 0.3) is 0 Å². The molecule has 0 aromatic heterocycles. The fourth-order valence-electron chi connectivity index (χ4n) is 2.74. The second-order valence-electron chi connectivity index (χ2n) is 5.34. The molecule has 4 nitrogen and oxygen atoms in total. The number of ether oxygens (including phenoxy) is 2. The van der Waals surface area contributed by atoms with Crippen molar-refractivity contribution in [2.75, 3.05) is 13.7 Å². The van der Waals surface area contributed by atoms with Gasteiger partial charge in [-0.2, -0.15) is 0 Å². The highest BCUT2D eigenvalue weighted by Crippen LogP contribution is 2.35. The molecule has 0 radical (unpaired) electrons. The summed E-state index contributed by atoms with van der Waals surface area (Å²) in [6.45, 7) is 1.04. The zero-order valence-electron chi connectivity index (χ0n) is 12.5. The fraction of sp³-hybridized carbons (Fsp3) is 0.278. The molecule has 3 rings (SSSR count). The van der Waals surface area contributed by atoms with Gasteiger partial charge in [-0.15, -0.1) is 0 Å². The Hall–Kier alpha value is -2.49. The molecule has 1 unspecified atom stereocenters. The van der Waals surface area contributed by atoms with E-state index < -0.39 is 0 Å². The maximum Gasteiger partial charge on any atom is 0.221 e. The zero-order chi connectivity index (χ0) is 15.4. The topological polar surface area (TPSA) is 47.6 Å². The van der Waals surface area contributed by atoms with E-state index in [9.17, 15) is 4.79 Å². The lowest BCUT2D eigenvalue weighted by atomic mass is 9.97. The third-order valence-electron chi connectivity index (χ3n) is 3.90. The molecular weight excluding hydrogens is 278 g/mol. The van der Waals surface area contributed by atoms with E-state index >= 15 is 0 Å². The molecule has 114 valence electrons. The first-order chi connectivity index (χ1) is 10.8. The van der Waals surface area contributed by atoms with Crippen LogP contribution < -0.4 is 14.8 Å². The van der Waals surface area contributed by atoms with Crippen LogP contribution in [-0.2, 0) is 11.3 Å². The first-order valence-electron chi connectivity index (χ1n) is 7.38. The van der Waals surface area contributed by atoms with Gasteiger partial charge in [0.15, 0.2) is 0 Å². The molecule has 0 aliphatic carbocycles. The lowest BCUT2D eigenvalue weighted by Crippen LogP contribution is -2.25. The van der Waals surface area contributed by atoms with Crippen molar-refractivity contribution in [1.29, 1.82) is 0 Å². The number of nitrogens with one attached hydrogen (secondary N) is 1. The maximum absolute atomic E-state index is 12.2. The van der Waals surface area contributed by atoms with Crippen molar-refractivity contribution in [3.63, 3.8) is 0 Å². The third-order valence-corrected chi connectivity index (χ3v) is 3.90. The minimum absolute atomic E-state index is 0.0243. The summed E-state index contributed by atoms with van der Waals surface area (Å²) < 4.78 is 10.9. The van der Waals surface area contributed by atoms with E-state index in [0.29, 0.717) is 19.6 Å². The smallest absolute Gasteiger partial charge is 0.221 e. The van der Waals surface area contributed by atoms with E-state index in [1.165, 1.54) is 0 Å². The standard InChI is InChI=1S/C18H19NO3/c1-21-16-8-4-2-6-13(16)11-19-18(20)10-14-12-22-17-9-5-3-7-15(14)17/h2-9,14H,10-12H2,1H3,(H,19,20). The Kier molecular flexibility index (Phi) is 4.28. The summed E-state index contributed by atoms with van der Waals surface area (Å²) >= 11 is 0. The predicted molar refractivity (Wildman–Crippen MR) is 84.1 cm³/mol. The molecule has 0 saturated heterocycles. The molecule has 0 saturated carbocycles. The van der Waals surface area contributed by atoms with Crippen molar-refractivity contribution in [2.45, 2.75) is 18.9 Å². The van der Waals surface area contributed by atoms with Crippen molar-refractivity contribution in [3.05, 3.63) is 59.7 Å². The number of hydrogen-bond donors (Lipinski definition) is 1. The summed E-state index contributed by atoms with van der Waals surface area (Å²) in [6.07, 6.45) is 0.437. The summed E-state index contributed by atoms with van der Waals surface area (Å²) in [5.74, 6) is 1.84. The van der Waals surface area contributed by atoms with Gasteiger partial charge in [-0.1, -0.05) is 36.4 Å². The number of hydrogen-bond acceptors (Lipinski definition) is 3. The molecule has 1 N–H and O–H groups in total. The van der Waals surface area contributed by atoms with Gasteiger partial charge in [0.05, 0.1) is 13.7 Å². The molecule has 1 heterocycles. The molecule has 4 heteroatoms.